The molecule has 0 radical (unpaired) electrons. The number of para-hydroxylation sites is 1. The Hall–Kier alpha value is -8.48. The van der Waals surface area contributed by atoms with Crippen molar-refractivity contribution in [1.82, 2.24) is 25.6 Å². The van der Waals surface area contributed by atoms with Crippen molar-refractivity contribution in [2.45, 2.75) is 104 Å². The fraction of sp³-hybridized carbons (Fsp3) is 0.403. The van der Waals surface area contributed by atoms with Crippen LogP contribution in [0.15, 0.2) is 110 Å². The fourth-order valence-corrected chi connectivity index (χ4v) is 9.05. The molecule has 6 rings (SSSR count). The number of pyridine rings is 1. The van der Waals surface area contributed by atoms with E-state index >= 15 is 0 Å². The number of esters is 1. The number of aryl methyl sites for hydroxylation is 1. The van der Waals surface area contributed by atoms with Gasteiger partial charge in [-0.25, -0.2) is 22.5 Å². The number of nitrogens with one attached hydrogen (secondary N) is 4. The van der Waals surface area contributed by atoms with E-state index in [9.17, 15) is 50.7 Å². The van der Waals surface area contributed by atoms with Gasteiger partial charge in [0.05, 0.1) is 63.9 Å². The van der Waals surface area contributed by atoms with Gasteiger partial charge >= 0.3 is 12.0 Å². The third-order valence-electron chi connectivity index (χ3n) is 13.6. The van der Waals surface area contributed by atoms with E-state index in [1.165, 1.54) is 0 Å². The molecule has 2 atom stereocenters. The van der Waals surface area contributed by atoms with Gasteiger partial charge in [-0.3, -0.25) is 28.7 Å². The number of rotatable bonds is 37. The summed E-state index contributed by atoms with van der Waals surface area (Å²) in [6.07, 6.45) is 10.8. The highest BCUT2D eigenvalue weighted by Crippen LogP contribution is 2.30. The van der Waals surface area contributed by atoms with Crippen LogP contribution >= 0.6 is 0 Å². The Morgan fingerprint density at radius 1 is 0.651 bits per heavy atom. The van der Waals surface area contributed by atoms with Gasteiger partial charge in [-0.15, -0.1) is 5.10 Å². The zero-order chi connectivity index (χ0) is 61.8. The van der Waals surface area contributed by atoms with Crippen molar-refractivity contribution in [2.75, 3.05) is 56.8 Å². The highest BCUT2D eigenvalue weighted by atomic mass is 19.2. The second-order valence-corrected chi connectivity index (χ2v) is 20.6. The molecule has 0 spiro atoms. The number of urea groups is 1. The van der Waals surface area contributed by atoms with Gasteiger partial charge in [0.15, 0.2) is 24.7 Å². The first-order valence-corrected chi connectivity index (χ1v) is 28.5. The molecule has 0 unspecified atom stereocenters. The van der Waals surface area contributed by atoms with Gasteiger partial charge in [0, 0.05) is 66.8 Å². The summed E-state index contributed by atoms with van der Waals surface area (Å²) >= 11 is 0. The lowest BCUT2D eigenvalue weighted by atomic mass is 9.89. The Bertz CT molecular complexity index is 3160. The maximum Gasteiger partial charge on any atom is 0.313 e. The Balaban J connectivity index is 0.870. The second kappa shape index (κ2) is 35.1. The Morgan fingerprint density at radius 3 is 1.98 bits per heavy atom. The Morgan fingerprint density at radius 2 is 1.28 bits per heavy atom. The zero-order valence-corrected chi connectivity index (χ0v) is 48.1. The van der Waals surface area contributed by atoms with Crippen LogP contribution in [0.2, 0.25) is 0 Å². The average Bonchev–Trinajstić information content (AvgIpc) is 3.55. The molecular formula is C62H73F5N9O10+. The summed E-state index contributed by atoms with van der Waals surface area (Å²) < 4.78 is 91.6. The van der Waals surface area contributed by atoms with E-state index in [-0.39, 0.29) is 83.1 Å². The molecule has 86 heavy (non-hydrogen) atoms. The van der Waals surface area contributed by atoms with Gasteiger partial charge in [-0.05, 0) is 61.4 Å². The number of benzene rings is 4. The molecule has 0 bridgehead atoms. The first-order valence-electron chi connectivity index (χ1n) is 28.5. The first kappa shape index (κ1) is 66.7. The smallest absolute Gasteiger partial charge is 0.313 e. The average molecular weight is 1200 g/mol. The van der Waals surface area contributed by atoms with Gasteiger partial charge in [-0.2, -0.15) is 8.78 Å². The molecule has 5 amide bonds. The second-order valence-electron chi connectivity index (χ2n) is 20.6. The monoisotopic (exact) mass is 1200 g/mol. The summed E-state index contributed by atoms with van der Waals surface area (Å²) in [5.41, 5.74) is 11.2. The van der Waals surface area contributed by atoms with E-state index in [1.54, 1.807) is 26.0 Å². The molecule has 4 aromatic carbocycles. The van der Waals surface area contributed by atoms with Crippen LogP contribution in [0.4, 0.5) is 38.1 Å². The third kappa shape index (κ3) is 21.9. The summed E-state index contributed by atoms with van der Waals surface area (Å²) in [7, 11) is 0. The molecule has 2 heterocycles. The van der Waals surface area contributed by atoms with E-state index in [2.05, 4.69) is 36.3 Å². The molecule has 0 fully saturated rings. The van der Waals surface area contributed by atoms with Crippen LogP contribution in [0.3, 0.4) is 0 Å². The van der Waals surface area contributed by atoms with Gasteiger partial charge in [0.25, 0.3) is 0 Å². The maximum absolute atomic E-state index is 13.8. The van der Waals surface area contributed by atoms with Gasteiger partial charge < -0.3 is 45.9 Å². The minimum absolute atomic E-state index is 0.0103. The number of hydrogen-bond acceptors (Lipinski definition) is 12. The van der Waals surface area contributed by atoms with Crippen molar-refractivity contribution in [2.24, 2.45) is 17.6 Å². The topological polar surface area (TPSA) is 248 Å². The number of anilines is 2. The van der Waals surface area contributed by atoms with Crippen LogP contribution in [0.25, 0.3) is 22.4 Å². The number of halogens is 5. The van der Waals surface area contributed by atoms with Crippen molar-refractivity contribution < 1.29 is 74.2 Å². The summed E-state index contributed by atoms with van der Waals surface area (Å²) in [5.74, 6) is -16.8. The van der Waals surface area contributed by atoms with Crippen LogP contribution in [0, 0.1) is 40.9 Å². The molecule has 24 heteroatoms. The number of aromatic nitrogens is 4. The van der Waals surface area contributed by atoms with Crippen LogP contribution in [0.5, 0.6) is 5.75 Å². The summed E-state index contributed by atoms with van der Waals surface area (Å²) in [6, 6.07) is 27.4. The molecule has 0 saturated carbocycles. The van der Waals surface area contributed by atoms with E-state index in [1.807, 2.05) is 107 Å². The van der Waals surface area contributed by atoms with Crippen LogP contribution < -0.4 is 36.3 Å². The van der Waals surface area contributed by atoms with E-state index in [4.69, 9.17) is 19.9 Å². The molecule has 0 saturated heterocycles. The molecule has 0 aliphatic heterocycles. The minimum atomic E-state index is -2.38. The van der Waals surface area contributed by atoms with Gasteiger partial charge in [-0.1, -0.05) is 99.0 Å². The predicted octanol–water partition coefficient (Wildman–Crippen LogP) is 9.16. The number of primary amides is 1. The van der Waals surface area contributed by atoms with E-state index < -0.39 is 77.0 Å². The van der Waals surface area contributed by atoms with Crippen LogP contribution in [0.1, 0.15) is 90.0 Å². The summed E-state index contributed by atoms with van der Waals surface area (Å²) in [6.45, 7) is 4.83. The lowest BCUT2D eigenvalue weighted by molar-refractivity contribution is -0.687. The van der Waals surface area contributed by atoms with E-state index in [0.717, 1.165) is 72.3 Å². The lowest BCUT2D eigenvalue weighted by Gasteiger charge is -2.24. The lowest BCUT2D eigenvalue weighted by Crippen LogP contribution is -2.45. The molecule has 6 aromatic rings. The zero-order valence-electron chi connectivity index (χ0n) is 48.1. The number of ketones is 1. The standard InChI is InChI=1S/C62H72F5N9O10/c1-41(2)59(72-52(79)26-31-83-33-35-85-36-34-84-32-27-53(80)86-60-57(66)55(64)54(63)56(65)58(60)67)50(77)37-44(17-13-28-69-62(68)82)61(81)70-46-24-22-42(23-25-46)38-75-29-14-18-45(39-75)49-40-76(74-73-49)30-12-5-3-4-9-21-51(78)71-48-20-11-10-19-47(48)43-15-7-6-8-16-43/h6-8,10-11,14-16,18-20,22-25,29,39-41,44,59H,3-5,9,12-13,17,21,26-28,30-38H2,1-2H3,(H5-,68,69,70,71,72,78,79,81,82)/p+1/t44-,59+/m1/s1. The largest absolute Gasteiger partial charge is 0.420 e. The molecule has 0 aliphatic rings. The molecule has 460 valence electrons. The number of nitrogens with zero attached hydrogens (tertiary/aromatic N) is 4. The highest BCUT2D eigenvalue weighted by Gasteiger charge is 2.31. The number of carbonyl (C=O) groups excluding carboxylic acids is 6. The van der Waals surface area contributed by atoms with Crippen molar-refractivity contribution in [3.8, 4) is 28.1 Å². The number of Topliss-reactive ketones (excluding diaryl/α,β-unsaturated/α-hetero) is 1. The molecule has 0 aliphatic carbocycles. The number of ether oxygens (including phenoxy) is 4. The van der Waals surface area contributed by atoms with E-state index in [0.29, 0.717) is 25.1 Å². The van der Waals surface area contributed by atoms with Crippen molar-refractivity contribution >= 4 is 46.9 Å². The Kier molecular flexibility index (Phi) is 27.2. The van der Waals surface area contributed by atoms with Gasteiger partial charge in [0.1, 0.15) is 5.69 Å². The molecule has 19 nitrogen and oxygen atoms in total. The quantitative estimate of drug-likeness (QED) is 0.00466. The number of hydrogen-bond donors (Lipinski definition) is 5. The predicted molar refractivity (Wildman–Crippen MR) is 308 cm³/mol. The van der Waals surface area contributed by atoms with Crippen molar-refractivity contribution in [1.29, 1.82) is 0 Å². The maximum atomic E-state index is 13.8. The number of carbonyl (C=O) groups is 6. The normalized spacial score (nSPS) is 11.9. The number of unbranched alkanes of at least 4 members (excludes halogenated alkanes) is 4. The van der Waals surface area contributed by atoms with Crippen molar-refractivity contribution in [3.63, 3.8) is 0 Å². The van der Waals surface area contributed by atoms with Crippen LogP contribution in [-0.4, -0.2) is 103 Å². The highest BCUT2D eigenvalue weighted by molar-refractivity contribution is 5.98. The number of nitrogens with two attached hydrogens (primary N) is 1. The third-order valence-corrected chi connectivity index (χ3v) is 13.6. The SMILES string of the molecule is CC(C)[C@H](NC(=O)CCOCCOCCOCCC(=O)Oc1c(F)c(F)c(F)c(F)c1F)C(=O)C[C@@H](CCCNC(N)=O)C(=O)Nc1ccc(C[n+]2cccc(-c3cn(CCCCCCCC(=O)Nc4ccccc4-c4ccccc4)nn3)c2)cc1. The Labute approximate surface area is 495 Å². The minimum Gasteiger partial charge on any atom is -0.420 e. The van der Waals surface area contributed by atoms with Crippen molar-refractivity contribution in [3.05, 3.63) is 144 Å². The van der Waals surface area contributed by atoms with Crippen LogP contribution in [-0.2, 0) is 51.3 Å². The molecule has 6 N–H and O–H groups in total. The summed E-state index contributed by atoms with van der Waals surface area (Å²) in [5, 5.41) is 20.1. The first-order chi connectivity index (χ1) is 41.5. The number of amides is 5. The fourth-order valence-electron chi connectivity index (χ4n) is 9.05. The summed E-state index contributed by atoms with van der Waals surface area (Å²) in [4.78, 5) is 76.6. The molecule has 2 aromatic heterocycles. The van der Waals surface area contributed by atoms with Gasteiger partial charge in [0.2, 0.25) is 52.6 Å². The molecular weight excluding hydrogens is 1130 g/mol.